The minimum Gasteiger partial charge on any atom is -0.481 e. The van der Waals surface area contributed by atoms with Crippen molar-refractivity contribution in [2.75, 3.05) is 6.54 Å². The molecule has 0 spiro atoms. The Morgan fingerprint density at radius 2 is 2.44 bits per heavy atom. The zero-order chi connectivity index (χ0) is 7.28. The van der Waals surface area contributed by atoms with Crippen LogP contribution in [0.15, 0.2) is 12.7 Å². The van der Waals surface area contributed by atoms with Gasteiger partial charge in [-0.3, -0.25) is 4.79 Å². The maximum atomic E-state index is 10.2. The first-order valence-electron chi connectivity index (χ1n) is 2.76. The predicted molar refractivity (Wildman–Crippen MR) is 35.0 cm³/mol. The summed E-state index contributed by atoms with van der Waals surface area (Å²) in [7, 11) is 0. The third-order valence-electron chi connectivity index (χ3n) is 1.08. The van der Waals surface area contributed by atoms with Gasteiger partial charge in [-0.2, -0.15) is 0 Å². The number of carboxylic acids is 1. The van der Waals surface area contributed by atoms with Crippen molar-refractivity contribution in [2.45, 2.75) is 6.42 Å². The number of nitrogens with two attached hydrogens (primary N) is 1. The van der Waals surface area contributed by atoms with Crippen molar-refractivity contribution >= 4 is 5.97 Å². The summed E-state index contributed by atoms with van der Waals surface area (Å²) in [4.78, 5) is 10.2. The van der Waals surface area contributed by atoms with E-state index in [4.69, 9.17) is 10.8 Å². The molecule has 0 aromatic carbocycles. The van der Waals surface area contributed by atoms with Crippen LogP contribution in [0.4, 0.5) is 0 Å². The van der Waals surface area contributed by atoms with E-state index in [2.05, 4.69) is 6.58 Å². The van der Waals surface area contributed by atoms with E-state index in [1.165, 1.54) is 0 Å². The van der Waals surface area contributed by atoms with Crippen LogP contribution in [0.5, 0.6) is 0 Å². The molecule has 9 heavy (non-hydrogen) atoms. The molecule has 0 aliphatic heterocycles. The zero-order valence-corrected chi connectivity index (χ0v) is 5.21. The third-order valence-corrected chi connectivity index (χ3v) is 1.08. The van der Waals surface area contributed by atoms with E-state index in [0.29, 0.717) is 6.42 Å². The van der Waals surface area contributed by atoms with Crippen molar-refractivity contribution in [3.05, 3.63) is 12.7 Å². The number of aliphatic carboxylic acids is 1. The van der Waals surface area contributed by atoms with Crippen LogP contribution in [0.25, 0.3) is 0 Å². The SMILES string of the molecule is C=CCC(CN)C(=O)O. The van der Waals surface area contributed by atoms with Crippen molar-refractivity contribution in [3.8, 4) is 0 Å². The molecule has 0 rings (SSSR count). The molecule has 3 heteroatoms. The summed E-state index contributed by atoms with van der Waals surface area (Å²) < 4.78 is 0. The number of rotatable bonds is 4. The fourth-order valence-electron chi connectivity index (χ4n) is 0.499. The molecule has 0 aromatic heterocycles. The van der Waals surface area contributed by atoms with Gasteiger partial charge in [0.1, 0.15) is 0 Å². The molecule has 0 fully saturated rings. The van der Waals surface area contributed by atoms with Crippen LogP contribution in [0.3, 0.4) is 0 Å². The fourth-order valence-corrected chi connectivity index (χ4v) is 0.499. The standard InChI is InChI=1S/C6H11NO2/c1-2-3-5(4-7)6(8)9/h2,5H,1,3-4,7H2,(H,8,9). The van der Waals surface area contributed by atoms with Gasteiger partial charge in [0.2, 0.25) is 0 Å². The van der Waals surface area contributed by atoms with Crippen LogP contribution >= 0.6 is 0 Å². The van der Waals surface area contributed by atoms with Gasteiger partial charge in [0.05, 0.1) is 5.92 Å². The Morgan fingerprint density at radius 3 is 2.56 bits per heavy atom. The summed E-state index contributed by atoms with van der Waals surface area (Å²) in [6.07, 6.45) is 2.01. The first kappa shape index (κ1) is 8.17. The van der Waals surface area contributed by atoms with Gasteiger partial charge in [0.25, 0.3) is 0 Å². The molecule has 0 aromatic rings. The Labute approximate surface area is 54.2 Å². The van der Waals surface area contributed by atoms with Crippen LogP contribution in [0.1, 0.15) is 6.42 Å². The Morgan fingerprint density at radius 1 is 1.89 bits per heavy atom. The van der Waals surface area contributed by atoms with Crippen LogP contribution in [-0.4, -0.2) is 17.6 Å². The summed E-state index contributed by atoms with van der Waals surface area (Å²) in [5, 5.41) is 8.38. The lowest BCUT2D eigenvalue weighted by Gasteiger charge is -2.03. The molecule has 0 bridgehead atoms. The monoisotopic (exact) mass is 129 g/mol. The number of allylic oxidation sites excluding steroid dienone is 1. The lowest BCUT2D eigenvalue weighted by Crippen LogP contribution is -2.22. The average Bonchev–Trinajstić information content (AvgIpc) is 1.82. The minimum absolute atomic E-state index is 0.182. The summed E-state index contributed by atoms with van der Waals surface area (Å²) in [5.74, 6) is -1.31. The minimum atomic E-state index is -0.850. The summed E-state index contributed by atoms with van der Waals surface area (Å²) in [5.41, 5.74) is 5.13. The van der Waals surface area contributed by atoms with E-state index in [1.807, 2.05) is 0 Å². The first-order valence-corrected chi connectivity index (χ1v) is 2.76. The Hall–Kier alpha value is -0.830. The smallest absolute Gasteiger partial charge is 0.308 e. The Kier molecular flexibility index (Phi) is 3.71. The Balaban J connectivity index is 3.67. The van der Waals surface area contributed by atoms with Gasteiger partial charge in [-0.1, -0.05) is 6.08 Å². The molecule has 3 N–H and O–H groups in total. The summed E-state index contributed by atoms with van der Waals surface area (Å²) in [6.45, 7) is 3.59. The van der Waals surface area contributed by atoms with E-state index < -0.39 is 11.9 Å². The highest BCUT2D eigenvalue weighted by Crippen LogP contribution is 1.99. The molecular weight excluding hydrogens is 118 g/mol. The van der Waals surface area contributed by atoms with E-state index in [1.54, 1.807) is 6.08 Å². The molecule has 52 valence electrons. The maximum absolute atomic E-state index is 10.2. The number of carbonyl (C=O) groups is 1. The molecule has 0 radical (unpaired) electrons. The first-order chi connectivity index (χ1) is 4.22. The molecule has 0 saturated carbocycles. The van der Waals surface area contributed by atoms with E-state index in [9.17, 15) is 4.79 Å². The molecule has 0 saturated heterocycles. The normalized spacial score (nSPS) is 12.6. The van der Waals surface area contributed by atoms with Crippen molar-refractivity contribution in [1.82, 2.24) is 0 Å². The fraction of sp³-hybridized carbons (Fsp3) is 0.500. The molecule has 1 atom stereocenters. The second-order valence-electron chi connectivity index (χ2n) is 1.80. The number of hydrogen-bond donors (Lipinski definition) is 2. The van der Waals surface area contributed by atoms with Crippen LogP contribution in [0.2, 0.25) is 0 Å². The van der Waals surface area contributed by atoms with E-state index >= 15 is 0 Å². The molecule has 0 aliphatic rings. The molecule has 0 aliphatic carbocycles. The van der Waals surface area contributed by atoms with Crippen molar-refractivity contribution in [3.63, 3.8) is 0 Å². The van der Waals surface area contributed by atoms with Gasteiger partial charge >= 0.3 is 5.97 Å². The van der Waals surface area contributed by atoms with Gasteiger partial charge in [-0.25, -0.2) is 0 Å². The lowest BCUT2D eigenvalue weighted by molar-refractivity contribution is -0.141. The van der Waals surface area contributed by atoms with E-state index in [-0.39, 0.29) is 6.54 Å². The van der Waals surface area contributed by atoms with Crippen LogP contribution in [-0.2, 0) is 4.79 Å². The molecular formula is C6H11NO2. The lowest BCUT2D eigenvalue weighted by atomic mass is 10.1. The van der Waals surface area contributed by atoms with Crippen LogP contribution in [0, 0.1) is 5.92 Å². The van der Waals surface area contributed by atoms with E-state index in [0.717, 1.165) is 0 Å². The van der Waals surface area contributed by atoms with Crippen molar-refractivity contribution in [2.24, 2.45) is 11.7 Å². The molecule has 0 heterocycles. The molecule has 0 amide bonds. The van der Waals surface area contributed by atoms with Gasteiger partial charge in [-0.15, -0.1) is 6.58 Å². The molecule has 3 nitrogen and oxygen atoms in total. The van der Waals surface area contributed by atoms with Crippen molar-refractivity contribution in [1.29, 1.82) is 0 Å². The topological polar surface area (TPSA) is 63.3 Å². The molecule has 1 unspecified atom stereocenters. The second kappa shape index (κ2) is 4.09. The van der Waals surface area contributed by atoms with Gasteiger partial charge in [0, 0.05) is 6.54 Å². The quantitative estimate of drug-likeness (QED) is 0.534. The van der Waals surface area contributed by atoms with Gasteiger partial charge in [-0.05, 0) is 6.42 Å². The third kappa shape index (κ3) is 2.87. The summed E-state index contributed by atoms with van der Waals surface area (Å²) in [6, 6.07) is 0. The predicted octanol–water partition coefficient (Wildman–Crippen LogP) is 0.222. The van der Waals surface area contributed by atoms with Gasteiger partial charge in [0.15, 0.2) is 0 Å². The highest BCUT2D eigenvalue weighted by Gasteiger charge is 2.11. The largest absolute Gasteiger partial charge is 0.481 e. The highest BCUT2D eigenvalue weighted by atomic mass is 16.4. The Bertz CT molecular complexity index is 112. The van der Waals surface area contributed by atoms with Crippen LogP contribution < -0.4 is 5.73 Å². The average molecular weight is 129 g/mol. The zero-order valence-electron chi connectivity index (χ0n) is 5.21. The number of hydrogen-bond acceptors (Lipinski definition) is 2. The summed E-state index contributed by atoms with van der Waals surface area (Å²) >= 11 is 0. The second-order valence-corrected chi connectivity index (χ2v) is 1.80. The van der Waals surface area contributed by atoms with Crippen molar-refractivity contribution < 1.29 is 9.90 Å². The van der Waals surface area contributed by atoms with Gasteiger partial charge < -0.3 is 10.8 Å². The number of carboxylic acid groups (broad SMARTS) is 1. The highest BCUT2D eigenvalue weighted by molar-refractivity contribution is 5.70. The maximum Gasteiger partial charge on any atom is 0.308 e.